The van der Waals surface area contributed by atoms with Gasteiger partial charge in [0.05, 0.1) is 106 Å². The van der Waals surface area contributed by atoms with Crippen LogP contribution in [0, 0.1) is 5.92 Å². The summed E-state index contributed by atoms with van der Waals surface area (Å²) in [4.78, 5) is 52.9. The predicted molar refractivity (Wildman–Crippen MR) is 244 cm³/mol. The number of aliphatic carboxylic acids is 3. The molecule has 5 aliphatic rings. The fourth-order valence-electron chi connectivity index (χ4n) is 6.72. The van der Waals surface area contributed by atoms with Gasteiger partial charge in [-0.1, -0.05) is 0 Å². The van der Waals surface area contributed by atoms with Gasteiger partial charge in [0.25, 0.3) is 0 Å². The van der Waals surface area contributed by atoms with Crippen LogP contribution in [-0.2, 0) is 115 Å². The Morgan fingerprint density at radius 2 is 1.02 bits per heavy atom. The maximum atomic E-state index is 10.8. The van der Waals surface area contributed by atoms with Crippen molar-refractivity contribution in [2.24, 2.45) is 5.92 Å². The number of amides is 2. The monoisotopic (exact) mass is 1330 g/mol. The van der Waals surface area contributed by atoms with Crippen LogP contribution in [0.3, 0.4) is 0 Å². The second-order valence-electron chi connectivity index (χ2n) is 16.4. The van der Waals surface area contributed by atoms with Crippen molar-refractivity contribution >= 4 is 83.6 Å². The number of hydrogen-bond acceptors (Lipinski definition) is 39. The van der Waals surface area contributed by atoms with E-state index in [0.717, 1.165) is 0 Å². The molecule has 5 saturated heterocycles. The Labute approximate surface area is 474 Å². The molecule has 83 heavy (non-hydrogen) atoms. The zero-order valence-corrected chi connectivity index (χ0v) is 46.6. The van der Waals surface area contributed by atoms with Gasteiger partial charge < -0.3 is 136 Å². The zero-order chi connectivity index (χ0) is 60.6. The molecule has 49 heteroatoms. The first-order valence-corrected chi connectivity index (χ1v) is 27.8. The van der Waals surface area contributed by atoms with Crippen LogP contribution in [0.2, 0.25) is 0 Å². The lowest BCUT2D eigenvalue weighted by Gasteiger charge is -2.39. The first-order valence-electron chi connectivity index (χ1n) is 21.8. The molecule has 2 amide bonds. The molecule has 0 aromatic heterocycles. The van der Waals surface area contributed by atoms with Crippen molar-refractivity contribution in [1.82, 2.24) is 16.0 Å². The van der Waals surface area contributed by atoms with Crippen LogP contribution >= 0.6 is 12.3 Å². The number of β-amino-alcohol motifs (C(OH)–C–C–N with tert-alkyl or cyclic N) is 1. The van der Waals surface area contributed by atoms with Gasteiger partial charge in [-0.2, -0.15) is 0 Å². The third kappa shape index (κ3) is 38.3. The van der Waals surface area contributed by atoms with Crippen molar-refractivity contribution in [1.29, 1.82) is 0 Å². The highest BCUT2D eigenvalue weighted by molar-refractivity contribution is 7.89. The first kappa shape index (κ1) is 85.9. The molecule has 5 heterocycles. The Bertz CT molecular complexity index is 2300. The number of nitrogens with one attached hydrogen (secondary N) is 3. The lowest BCUT2D eigenvalue weighted by molar-refractivity contribution is -0.777. The summed E-state index contributed by atoms with van der Waals surface area (Å²) in [7, 11) is -19.6. The van der Waals surface area contributed by atoms with Crippen LogP contribution in [-0.4, -0.2) is 267 Å². The van der Waals surface area contributed by atoms with E-state index in [4.69, 9.17) is 14.6 Å². The molecule has 0 bridgehead atoms. The number of carbonyl (C=O) groups excluding carboxylic acids is 5. The fraction of sp³-hybridized carbons (Fsp3) is 0.853. The summed E-state index contributed by atoms with van der Waals surface area (Å²) in [5.74, 6) is -5.50. The molecule has 0 aromatic rings. The molecule has 0 aliphatic carbocycles. The molecule has 15 atom stereocenters. The number of carboxylic acids is 3. The number of carbonyl (C=O) groups is 5. The molecule has 496 valence electrons. The summed E-state index contributed by atoms with van der Waals surface area (Å²) in [5, 5.41) is 98.7. The van der Waals surface area contributed by atoms with Gasteiger partial charge >= 0.3 is 0 Å². The third-order valence-corrected chi connectivity index (χ3v) is 12.4. The minimum Gasteiger partial charge on any atom is -0.726 e. The summed E-state index contributed by atoms with van der Waals surface area (Å²) < 4.78 is 167. The molecule has 5 aliphatic heterocycles. The lowest BCUT2D eigenvalue weighted by Crippen LogP contribution is -2.59. The van der Waals surface area contributed by atoms with E-state index in [1.54, 1.807) is 0 Å². The van der Waals surface area contributed by atoms with Gasteiger partial charge in [0.1, 0.15) is 30.5 Å². The molecule has 0 saturated carbocycles. The van der Waals surface area contributed by atoms with Crippen LogP contribution in [0.4, 0.5) is 0 Å². The minimum atomic E-state index is -5.16. The average Bonchev–Trinajstić information content (AvgIpc) is 3.30. The average molecular weight is 1330 g/mol. The van der Waals surface area contributed by atoms with E-state index in [0.29, 0.717) is 19.5 Å². The smallest absolute Gasteiger partial charge is 0.218 e. The van der Waals surface area contributed by atoms with E-state index >= 15 is 0 Å². The Morgan fingerprint density at radius 3 is 1.36 bits per heavy atom. The number of hydrogen-bond donors (Lipinski definition) is 8. The molecule has 0 aromatic carbocycles. The van der Waals surface area contributed by atoms with Crippen molar-refractivity contribution in [3.63, 3.8) is 0 Å². The maximum absolute atomic E-state index is 10.8. The van der Waals surface area contributed by atoms with E-state index in [1.165, 1.54) is 13.8 Å². The number of rotatable bonds is 19. The van der Waals surface area contributed by atoms with E-state index in [-0.39, 0.29) is 78.5 Å². The van der Waals surface area contributed by atoms with Crippen LogP contribution in [0.25, 0.3) is 0 Å². The highest BCUT2D eigenvalue weighted by atomic mass is 32.3. The highest BCUT2D eigenvalue weighted by Crippen LogP contribution is 2.26. The lowest BCUT2D eigenvalue weighted by atomic mass is 9.98. The molecule has 44 nitrogen and oxygen atoms in total. The SMILES string of the molecule is CC(=O)NC1COC(COS(=O)(=O)[O-])C[C@H]1O.CC(=O)NC1COC(COS(=O)(=O)[O-])C[C@H]1O.O.O.O.O.O=C([O-])C1CNC[C@H](O)C1.O=C([O-])C1C[C@@H](O)C(OS(=O)(=O)[O-])CO1.O=C([O-])C1OCC(OS(=O)(=O)[O-])[C@H](O)[C@H]1OSOO[O-]. The van der Waals surface area contributed by atoms with Gasteiger partial charge in [-0.05, 0) is 6.42 Å². The van der Waals surface area contributed by atoms with Gasteiger partial charge in [-0.3, -0.25) is 35.5 Å². The second-order valence-corrected chi connectivity index (χ2v) is 21.0. The Morgan fingerprint density at radius 1 is 0.578 bits per heavy atom. The Hall–Kier alpha value is -3.54. The quantitative estimate of drug-likeness (QED) is 0.0149. The molecular weight excluding hydrogens is 1270 g/mol. The number of aliphatic hydroxyl groups is 5. The zero-order valence-electron chi connectivity index (χ0n) is 42.5. The van der Waals surface area contributed by atoms with E-state index in [1.807, 2.05) is 0 Å². The van der Waals surface area contributed by atoms with Crippen molar-refractivity contribution in [3.05, 3.63) is 0 Å². The summed E-state index contributed by atoms with van der Waals surface area (Å²) in [6.07, 6.45) is -14.8. The van der Waals surface area contributed by atoms with Gasteiger partial charge in [0.15, 0.2) is 12.3 Å². The van der Waals surface area contributed by atoms with Crippen molar-refractivity contribution < 1.29 is 193 Å². The van der Waals surface area contributed by atoms with Gasteiger partial charge in [0.2, 0.25) is 53.4 Å². The summed E-state index contributed by atoms with van der Waals surface area (Å²) in [6.45, 7) is 1.51. The second kappa shape index (κ2) is 40.8. The predicted octanol–water partition coefficient (Wildman–Crippen LogP) is -17.1. The number of carboxylic acid groups (broad SMARTS) is 3. The third-order valence-electron chi connectivity index (χ3n) is 10.2. The van der Waals surface area contributed by atoms with Crippen molar-refractivity contribution in [2.75, 3.05) is 52.7 Å². The fourth-order valence-corrected chi connectivity index (χ4v) is 8.68. The van der Waals surface area contributed by atoms with Gasteiger partial charge in [-0.15, -0.1) is 4.33 Å². The molecule has 5 fully saturated rings. The minimum absolute atomic E-state index is 0. The molecule has 5 rings (SSSR count). The number of aliphatic hydroxyl groups excluding tert-OH is 5. The van der Waals surface area contributed by atoms with Gasteiger partial charge in [0, 0.05) is 58.1 Å². The van der Waals surface area contributed by atoms with Crippen molar-refractivity contribution in [2.45, 2.75) is 125 Å². The van der Waals surface area contributed by atoms with E-state index < -0.39 is 177 Å². The van der Waals surface area contributed by atoms with Gasteiger partial charge in [-0.25, -0.2) is 33.7 Å². The van der Waals surface area contributed by atoms with Crippen LogP contribution in [0.15, 0.2) is 0 Å². The number of piperidine rings is 1. The maximum Gasteiger partial charge on any atom is 0.218 e. The highest BCUT2D eigenvalue weighted by Gasteiger charge is 2.44. The standard InChI is InChI=1S/2C8H15NO7S.C6H11NO3.C6H10O12S2.C6H10O8S.4H2O/c2*1-5(10)9-7-4-15-6(2-8(7)11)3-16-17(12,13)14;8-5-1-4(6(9)10)2-7-3-5;7-3-2(16-20(11,12)13)1-14-5(6(8)9)4(3)15-19-18-17-10;7-3-1-4(6(8)9)13-2-5(3)14-15(10,11)12;;;;/h2*6-8,11H,2-4H2,1H3,(H,9,10)(H,12,13,14);4-5,7-8H,1-3H2,(H,9,10);2-5,7,10H,1H2,(H,8,9)(H,11,12,13);3-5,7H,1-2H2,(H,8,9)(H,10,11,12);4*1H2/p-8/t2*6?,7?,8-;4?,5-;2?,3-,4+,5?;3-,4?,5?;;;;/m11101..../s1. The molecule has 0 radical (unpaired) electrons. The van der Waals surface area contributed by atoms with Crippen LogP contribution in [0.1, 0.15) is 39.5 Å². The van der Waals surface area contributed by atoms with Crippen LogP contribution < -0.4 is 36.5 Å². The van der Waals surface area contributed by atoms with E-state index in [2.05, 4.69) is 55.7 Å². The summed E-state index contributed by atoms with van der Waals surface area (Å²) >= 11 is -0.144. The molecule has 9 unspecified atom stereocenters. The van der Waals surface area contributed by atoms with Crippen LogP contribution in [0.5, 0.6) is 0 Å². The first-order chi connectivity index (χ1) is 36.3. The molecule has 16 N–H and O–H groups in total. The van der Waals surface area contributed by atoms with E-state index in [9.17, 15) is 117 Å². The summed E-state index contributed by atoms with van der Waals surface area (Å²) in [6, 6.07) is -1.07. The normalized spacial score (nSPS) is 29.7. The number of ether oxygens (including phenoxy) is 4. The molecular formula is C34H61N3O41S5-8. The topological polar surface area (TPSA) is 771 Å². The molecule has 0 spiro atoms. The Kier molecular flexibility index (Phi) is 42.2. The Balaban J connectivity index is -0.000000470. The van der Waals surface area contributed by atoms with Crippen molar-refractivity contribution in [3.8, 4) is 0 Å². The summed E-state index contributed by atoms with van der Waals surface area (Å²) in [5.41, 5.74) is 0. The largest absolute Gasteiger partial charge is 0.726 e.